The first-order valence-corrected chi connectivity index (χ1v) is 10.6. The summed E-state index contributed by atoms with van der Waals surface area (Å²) in [7, 11) is 0. The minimum atomic E-state index is -0.0248. The van der Waals surface area contributed by atoms with Crippen molar-refractivity contribution in [1.82, 2.24) is 20.0 Å². The van der Waals surface area contributed by atoms with Crippen LogP contribution >= 0.6 is 24.8 Å². The minimum absolute atomic E-state index is 0. The lowest BCUT2D eigenvalue weighted by atomic mass is 10.00. The average molecular weight is 470 g/mol. The van der Waals surface area contributed by atoms with Gasteiger partial charge in [0.05, 0.1) is 11.6 Å². The Labute approximate surface area is 196 Å². The number of para-hydroxylation sites is 1. The highest BCUT2D eigenvalue weighted by Crippen LogP contribution is 2.23. The minimum Gasteiger partial charge on any atom is -0.381 e. The van der Waals surface area contributed by atoms with E-state index in [1.54, 1.807) is 6.20 Å². The van der Waals surface area contributed by atoms with E-state index in [0.717, 1.165) is 63.2 Å². The van der Waals surface area contributed by atoms with Gasteiger partial charge in [-0.1, -0.05) is 18.2 Å². The second-order valence-electron chi connectivity index (χ2n) is 8.13. The van der Waals surface area contributed by atoms with Gasteiger partial charge in [0.1, 0.15) is 0 Å². The first-order chi connectivity index (χ1) is 14.2. The average Bonchev–Trinajstić information content (AvgIpc) is 3.22. The van der Waals surface area contributed by atoms with Crippen LogP contribution in [0.25, 0.3) is 5.69 Å². The zero-order valence-electron chi connectivity index (χ0n) is 17.7. The first-order valence-electron chi connectivity index (χ1n) is 10.6. The van der Waals surface area contributed by atoms with Crippen molar-refractivity contribution >= 4 is 30.7 Å². The van der Waals surface area contributed by atoms with Crippen LogP contribution in [0.4, 0.5) is 0 Å². The predicted molar refractivity (Wildman–Crippen MR) is 126 cm³/mol. The molecule has 1 aromatic carbocycles. The van der Waals surface area contributed by atoms with Crippen molar-refractivity contribution in [1.29, 1.82) is 0 Å². The summed E-state index contributed by atoms with van der Waals surface area (Å²) >= 11 is 0. The van der Waals surface area contributed by atoms with Crippen LogP contribution in [0.2, 0.25) is 0 Å². The molecule has 0 unspecified atom stereocenters. The molecule has 9 heteroatoms. The molecule has 2 aromatic rings. The Morgan fingerprint density at radius 2 is 1.87 bits per heavy atom. The van der Waals surface area contributed by atoms with Crippen LogP contribution in [0, 0.1) is 5.92 Å². The lowest BCUT2D eigenvalue weighted by Gasteiger charge is -2.35. The van der Waals surface area contributed by atoms with Crippen LogP contribution in [-0.2, 0) is 16.1 Å². The van der Waals surface area contributed by atoms with Gasteiger partial charge in [0.25, 0.3) is 0 Å². The van der Waals surface area contributed by atoms with E-state index in [-0.39, 0.29) is 42.7 Å². The van der Waals surface area contributed by atoms with Crippen molar-refractivity contribution in [2.24, 2.45) is 11.7 Å². The van der Waals surface area contributed by atoms with E-state index in [0.29, 0.717) is 12.6 Å². The number of nitrogens with two attached hydrogens (primary N) is 1. The number of aromatic nitrogens is 2. The molecule has 0 spiro atoms. The quantitative estimate of drug-likeness (QED) is 0.702. The fourth-order valence-electron chi connectivity index (χ4n) is 4.44. The van der Waals surface area contributed by atoms with E-state index in [2.05, 4.69) is 15.3 Å². The normalized spacial score (nSPS) is 22.6. The Balaban J connectivity index is 0.00000171. The van der Waals surface area contributed by atoms with E-state index in [4.69, 9.17) is 10.5 Å². The topological polar surface area (TPSA) is 85.4 Å². The highest BCUT2D eigenvalue weighted by atomic mass is 35.5. The van der Waals surface area contributed by atoms with Gasteiger partial charge in [0, 0.05) is 57.3 Å². The third-order valence-electron chi connectivity index (χ3n) is 6.08. The smallest absolute Gasteiger partial charge is 0.224 e. The molecular weight excluding hydrogens is 437 g/mol. The molecule has 3 N–H and O–H groups in total. The second kappa shape index (κ2) is 12.4. The number of likely N-dealkylation sites (tertiary alicyclic amines) is 1. The summed E-state index contributed by atoms with van der Waals surface area (Å²) in [6, 6.07) is 10.5. The zero-order valence-corrected chi connectivity index (χ0v) is 19.3. The Morgan fingerprint density at radius 1 is 1.10 bits per heavy atom. The van der Waals surface area contributed by atoms with E-state index >= 15 is 0 Å². The molecule has 2 atom stereocenters. The number of hydrogen-bond donors (Lipinski definition) is 2. The highest BCUT2D eigenvalue weighted by Gasteiger charge is 2.31. The van der Waals surface area contributed by atoms with Crippen LogP contribution in [0.3, 0.4) is 0 Å². The van der Waals surface area contributed by atoms with Gasteiger partial charge in [-0.25, -0.2) is 4.68 Å². The van der Waals surface area contributed by atoms with Gasteiger partial charge in [-0.3, -0.25) is 9.69 Å². The Hall–Kier alpha value is -1.64. The lowest BCUT2D eigenvalue weighted by Crippen LogP contribution is -2.47. The summed E-state index contributed by atoms with van der Waals surface area (Å²) in [6.07, 6.45) is 7.46. The number of amides is 1. The maximum Gasteiger partial charge on any atom is 0.224 e. The molecular formula is C22H33Cl2N5O2. The van der Waals surface area contributed by atoms with Crippen LogP contribution in [0.5, 0.6) is 0 Å². The summed E-state index contributed by atoms with van der Waals surface area (Å²) in [4.78, 5) is 15.5. The molecule has 7 nitrogen and oxygen atoms in total. The van der Waals surface area contributed by atoms with Gasteiger partial charge in [-0.15, -0.1) is 24.8 Å². The van der Waals surface area contributed by atoms with Crippen molar-refractivity contribution in [3.05, 3.63) is 48.3 Å². The Kier molecular flexibility index (Phi) is 10.3. The number of benzene rings is 1. The first kappa shape index (κ1) is 25.6. The maximum absolute atomic E-state index is 13.0. The molecule has 0 bridgehead atoms. The molecule has 172 valence electrons. The van der Waals surface area contributed by atoms with Crippen molar-refractivity contribution in [2.75, 3.05) is 26.3 Å². The molecule has 1 aromatic heterocycles. The number of halogens is 2. The molecule has 4 rings (SSSR count). The number of ether oxygens (including phenoxy) is 1. The fraction of sp³-hybridized carbons (Fsp3) is 0.545. The molecule has 0 saturated carbocycles. The van der Waals surface area contributed by atoms with Crippen LogP contribution in [0.1, 0.15) is 31.2 Å². The van der Waals surface area contributed by atoms with Gasteiger partial charge < -0.3 is 15.8 Å². The monoisotopic (exact) mass is 469 g/mol. The third kappa shape index (κ3) is 6.67. The number of rotatable bonds is 5. The van der Waals surface area contributed by atoms with Gasteiger partial charge >= 0.3 is 0 Å². The fourth-order valence-corrected chi connectivity index (χ4v) is 4.44. The van der Waals surface area contributed by atoms with Crippen molar-refractivity contribution in [3.63, 3.8) is 0 Å². The van der Waals surface area contributed by atoms with Crippen LogP contribution in [-0.4, -0.2) is 59.0 Å². The molecule has 1 amide bonds. The SMILES string of the molecule is Cl.Cl.N[C@H]1CC[C@@H](C(=O)NCc2ccccc2-n2cccn2)CN(C2CCOCC2)C1. The Bertz CT molecular complexity index is 799. The molecule has 2 saturated heterocycles. The number of hydrogen-bond acceptors (Lipinski definition) is 5. The van der Waals surface area contributed by atoms with Gasteiger partial charge in [0.2, 0.25) is 5.91 Å². The summed E-state index contributed by atoms with van der Waals surface area (Å²) in [5.74, 6) is 0.0923. The van der Waals surface area contributed by atoms with Crippen LogP contribution in [0.15, 0.2) is 42.7 Å². The van der Waals surface area contributed by atoms with Crippen molar-refractivity contribution < 1.29 is 9.53 Å². The maximum atomic E-state index is 13.0. The van der Waals surface area contributed by atoms with Gasteiger partial charge in [-0.05, 0) is 43.4 Å². The molecule has 2 aliphatic rings. The van der Waals surface area contributed by atoms with Gasteiger partial charge in [-0.2, -0.15) is 5.10 Å². The molecule has 2 fully saturated rings. The summed E-state index contributed by atoms with van der Waals surface area (Å²) in [5.41, 5.74) is 8.36. The molecule has 2 aliphatic heterocycles. The summed E-state index contributed by atoms with van der Waals surface area (Å²) in [5, 5.41) is 7.48. The second-order valence-corrected chi connectivity index (χ2v) is 8.13. The zero-order chi connectivity index (χ0) is 20.1. The number of nitrogens with one attached hydrogen (secondary N) is 1. The Morgan fingerprint density at radius 3 is 2.61 bits per heavy atom. The number of nitrogens with zero attached hydrogens (tertiary/aromatic N) is 3. The standard InChI is InChI=1S/C22H31N5O2.2ClH/c23-19-7-6-18(15-26(16-19)20-8-12-29-13-9-20)22(28)24-14-17-4-1-2-5-21(17)27-11-3-10-25-27;;/h1-5,10-11,18-20H,6-9,12-16,23H2,(H,24,28);2*1H/t18-,19+;;/m1../s1. The van der Waals surface area contributed by atoms with Crippen molar-refractivity contribution in [3.8, 4) is 5.69 Å². The van der Waals surface area contributed by atoms with Crippen molar-refractivity contribution in [2.45, 2.75) is 44.3 Å². The highest BCUT2D eigenvalue weighted by molar-refractivity contribution is 5.85. The molecule has 0 aliphatic carbocycles. The molecule has 31 heavy (non-hydrogen) atoms. The third-order valence-corrected chi connectivity index (χ3v) is 6.08. The van der Waals surface area contributed by atoms with E-state index in [9.17, 15) is 4.79 Å². The number of carbonyl (C=O) groups is 1. The van der Waals surface area contributed by atoms with Gasteiger partial charge in [0.15, 0.2) is 0 Å². The lowest BCUT2D eigenvalue weighted by molar-refractivity contribution is -0.126. The van der Waals surface area contributed by atoms with E-state index in [1.165, 1.54) is 0 Å². The number of carbonyl (C=O) groups excluding carboxylic acids is 1. The van der Waals surface area contributed by atoms with E-state index < -0.39 is 0 Å². The molecule has 3 heterocycles. The molecule has 0 radical (unpaired) electrons. The summed E-state index contributed by atoms with van der Waals surface area (Å²) < 4.78 is 7.34. The largest absolute Gasteiger partial charge is 0.381 e. The van der Waals surface area contributed by atoms with E-state index in [1.807, 2.05) is 41.2 Å². The van der Waals surface area contributed by atoms with Crippen LogP contribution < -0.4 is 11.1 Å². The predicted octanol–water partition coefficient (Wildman–Crippen LogP) is 2.55. The summed E-state index contributed by atoms with van der Waals surface area (Å²) in [6.45, 7) is 3.76.